The molecule has 0 radical (unpaired) electrons. The van der Waals surface area contributed by atoms with Crippen LogP contribution in [0.4, 0.5) is 0 Å². The minimum Gasteiger partial charge on any atom is -0.356 e. The van der Waals surface area contributed by atoms with Crippen LogP contribution in [0.1, 0.15) is 52.4 Å². The van der Waals surface area contributed by atoms with E-state index in [0.717, 1.165) is 31.6 Å². The fourth-order valence-corrected chi connectivity index (χ4v) is 4.10. The van der Waals surface area contributed by atoms with Crippen molar-refractivity contribution in [2.45, 2.75) is 58.4 Å². The van der Waals surface area contributed by atoms with Crippen LogP contribution in [0.3, 0.4) is 0 Å². The van der Waals surface area contributed by atoms with Crippen molar-refractivity contribution in [1.29, 1.82) is 0 Å². The zero-order valence-corrected chi connectivity index (χ0v) is 16.2. The number of likely N-dealkylation sites (tertiary alicyclic amines) is 2. The van der Waals surface area contributed by atoms with Crippen LogP contribution >= 0.6 is 0 Å². The zero-order chi connectivity index (χ0) is 17.2. The molecule has 2 N–H and O–H groups in total. The highest BCUT2D eigenvalue weighted by Crippen LogP contribution is 2.18. The quantitative estimate of drug-likeness (QED) is 0.526. The molecule has 0 spiro atoms. The van der Waals surface area contributed by atoms with Crippen molar-refractivity contribution in [1.82, 2.24) is 20.4 Å². The number of hydrogen-bond donors (Lipinski definition) is 2. The van der Waals surface area contributed by atoms with Crippen molar-refractivity contribution in [2.75, 3.05) is 52.9 Å². The molecule has 24 heavy (non-hydrogen) atoms. The molecule has 2 unspecified atom stereocenters. The van der Waals surface area contributed by atoms with Gasteiger partial charge in [-0.15, -0.1) is 0 Å². The summed E-state index contributed by atoms with van der Waals surface area (Å²) in [5, 5.41) is 6.99. The lowest BCUT2D eigenvalue weighted by Crippen LogP contribution is -2.46. The summed E-state index contributed by atoms with van der Waals surface area (Å²) >= 11 is 0. The minimum atomic E-state index is 0.660. The van der Waals surface area contributed by atoms with E-state index in [1.54, 1.807) is 0 Å². The molecule has 2 aliphatic rings. The lowest BCUT2D eigenvalue weighted by Gasteiger charge is -2.35. The molecule has 0 saturated carbocycles. The van der Waals surface area contributed by atoms with Crippen molar-refractivity contribution >= 4 is 5.96 Å². The minimum absolute atomic E-state index is 0.660. The molecular weight excluding hydrogens is 298 g/mol. The van der Waals surface area contributed by atoms with E-state index in [0.29, 0.717) is 5.92 Å². The molecule has 2 saturated heterocycles. The van der Waals surface area contributed by atoms with Gasteiger partial charge in [0.2, 0.25) is 0 Å². The van der Waals surface area contributed by atoms with E-state index in [1.807, 2.05) is 7.05 Å². The highest BCUT2D eigenvalue weighted by Gasteiger charge is 2.20. The third kappa shape index (κ3) is 6.60. The van der Waals surface area contributed by atoms with Crippen LogP contribution in [0.25, 0.3) is 0 Å². The molecule has 0 aromatic carbocycles. The Morgan fingerprint density at radius 3 is 2.58 bits per heavy atom. The first-order valence-corrected chi connectivity index (χ1v) is 10.1. The van der Waals surface area contributed by atoms with Gasteiger partial charge in [0.05, 0.1) is 0 Å². The maximum atomic E-state index is 4.38. The topological polar surface area (TPSA) is 42.9 Å². The summed E-state index contributed by atoms with van der Waals surface area (Å²) in [6.07, 6.45) is 8.16. The largest absolute Gasteiger partial charge is 0.356 e. The Morgan fingerprint density at radius 2 is 1.88 bits per heavy atom. The second-order valence-corrected chi connectivity index (χ2v) is 7.59. The zero-order valence-electron chi connectivity index (χ0n) is 16.2. The van der Waals surface area contributed by atoms with Gasteiger partial charge in [-0.2, -0.15) is 0 Å². The van der Waals surface area contributed by atoms with E-state index in [-0.39, 0.29) is 0 Å². The predicted octanol–water partition coefficient (Wildman–Crippen LogP) is 2.15. The number of hydrogen-bond acceptors (Lipinski definition) is 3. The number of nitrogens with one attached hydrogen (secondary N) is 2. The predicted molar refractivity (Wildman–Crippen MR) is 104 cm³/mol. The van der Waals surface area contributed by atoms with E-state index < -0.39 is 0 Å². The average molecular weight is 338 g/mol. The van der Waals surface area contributed by atoms with Crippen molar-refractivity contribution in [2.24, 2.45) is 10.9 Å². The van der Waals surface area contributed by atoms with Crippen LogP contribution in [0.15, 0.2) is 4.99 Å². The lowest BCUT2D eigenvalue weighted by atomic mass is 10.0. The summed E-state index contributed by atoms with van der Waals surface area (Å²) in [4.78, 5) is 9.62. The van der Waals surface area contributed by atoms with Crippen LogP contribution in [0, 0.1) is 5.92 Å². The van der Waals surface area contributed by atoms with E-state index in [2.05, 4.69) is 39.3 Å². The molecule has 2 aliphatic heterocycles. The van der Waals surface area contributed by atoms with Crippen LogP contribution in [0.2, 0.25) is 0 Å². The summed E-state index contributed by atoms with van der Waals surface area (Å²) in [6, 6.07) is 0.788. The van der Waals surface area contributed by atoms with Crippen molar-refractivity contribution in [3.05, 3.63) is 0 Å². The number of aliphatic imine (C=N–C) groups is 1. The van der Waals surface area contributed by atoms with Crippen LogP contribution in [-0.2, 0) is 0 Å². The second kappa shape index (κ2) is 10.9. The Kier molecular flexibility index (Phi) is 8.89. The first-order chi connectivity index (χ1) is 11.7. The van der Waals surface area contributed by atoms with Crippen LogP contribution in [-0.4, -0.2) is 74.7 Å². The fourth-order valence-electron chi connectivity index (χ4n) is 4.10. The monoisotopic (exact) mass is 337 g/mol. The van der Waals surface area contributed by atoms with Gasteiger partial charge in [0.1, 0.15) is 0 Å². The molecule has 0 aliphatic carbocycles. The van der Waals surface area contributed by atoms with Gasteiger partial charge in [0.15, 0.2) is 5.96 Å². The third-order valence-electron chi connectivity index (χ3n) is 5.52. The van der Waals surface area contributed by atoms with E-state index in [9.17, 15) is 0 Å². The maximum Gasteiger partial charge on any atom is 0.191 e. The number of rotatable bonds is 8. The Balaban J connectivity index is 1.61. The van der Waals surface area contributed by atoms with Crippen LogP contribution in [0.5, 0.6) is 0 Å². The van der Waals surface area contributed by atoms with E-state index in [1.165, 1.54) is 64.7 Å². The van der Waals surface area contributed by atoms with Gasteiger partial charge in [-0.1, -0.05) is 20.3 Å². The number of piperidine rings is 1. The molecule has 0 aromatic rings. The van der Waals surface area contributed by atoms with Gasteiger partial charge in [0, 0.05) is 39.3 Å². The van der Waals surface area contributed by atoms with Crippen LogP contribution < -0.4 is 10.6 Å². The first kappa shape index (κ1) is 19.5. The van der Waals surface area contributed by atoms with Gasteiger partial charge in [-0.05, 0) is 57.7 Å². The smallest absolute Gasteiger partial charge is 0.191 e. The van der Waals surface area contributed by atoms with Crippen molar-refractivity contribution in [3.63, 3.8) is 0 Å². The normalized spacial score (nSPS) is 25.0. The molecular formula is C19H39N5. The molecule has 2 fully saturated rings. The molecule has 140 valence electrons. The van der Waals surface area contributed by atoms with E-state index in [4.69, 9.17) is 0 Å². The fraction of sp³-hybridized carbons (Fsp3) is 0.947. The van der Waals surface area contributed by atoms with Gasteiger partial charge in [0.25, 0.3) is 0 Å². The molecule has 2 heterocycles. The Labute approximate surface area is 149 Å². The molecule has 5 heteroatoms. The maximum absolute atomic E-state index is 4.38. The summed E-state index contributed by atoms with van der Waals surface area (Å²) in [5.74, 6) is 1.61. The van der Waals surface area contributed by atoms with Gasteiger partial charge < -0.3 is 15.5 Å². The molecule has 2 rings (SSSR count). The summed E-state index contributed by atoms with van der Waals surface area (Å²) in [5.41, 5.74) is 0. The highest BCUT2D eigenvalue weighted by atomic mass is 15.2. The summed E-state index contributed by atoms with van der Waals surface area (Å²) in [7, 11) is 1.87. The second-order valence-electron chi connectivity index (χ2n) is 7.59. The van der Waals surface area contributed by atoms with Gasteiger partial charge >= 0.3 is 0 Å². The first-order valence-electron chi connectivity index (χ1n) is 10.1. The molecule has 0 bridgehead atoms. The number of nitrogens with zero attached hydrogens (tertiary/aromatic N) is 3. The molecule has 5 nitrogen and oxygen atoms in total. The highest BCUT2D eigenvalue weighted by molar-refractivity contribution is 5.79. The SMILES string of the molecule is CCC1CCCCN1CCNC(=NC)NCC(C)CN1CCCC1. The van der Waals surface area contributed by atoms with Crippen molar-refractivity contribution < 1.29 is 0 Å². The third-order valence-corrected chi connectivity index (χ3v) is 5.52. The van der Waals surface area contributed by atoms with Gasteiger partial charge in [-0.3, -0.25) is 9.89 Å². The standard InChI is InChI=1S/C19H39N5/c1-4-18-9-5-6-13-24(18)14-10-21-19(20-3)22-15-17(2)16-23-11-7-8-12-23/h17-18H,4-16H2,1-3H3,(H2,20,21,22). The summed E-state index contributed by atoms with van der Waals surface area (Å²) < 4.78 is 0. The lowest BCUT2D eigenvalue weighted by molar-refractivity contribution is 0.147. The van der Waals surface area contributed by atoms with Gasteiger partial charge in [-0.25, -0.2) is 0 Å². The Morgan fingerprint density at radius 1 is 1.12 bits per heavy atom. The molecule has 0 aromatic heterocycles. The molecule has 2 atom stereocenters. The Bertz CT molecular complexity index is 365. The average Bonchev–Trinajstić information content (AvgIpc) is 3.11. The van der Waals surface area contributed by atoms with Crippen molar-refractivity contribution in [3.8, 4) is 0 Å². The summed E-state index contributed by atoms with van der Waals surface area (Å²) in [6.45, 7) is 12.8. The van der Waals surface area contributed by atoms with E-state index >= 15 is 0 Å². The Hall–Kier alpha value is -0.810. The number of guanidine groups is 1. The molecule has 0 amide bonds.